The summed E-state index contributed by atoms with van der Waals surface area (Å²) in [6.45, 7) is 4.23. The van der Waals surface area contributed by atoms with Crippen molar-refractivity contribution in [1.29, 1.82) is 0 Å². The van der Waals surface area contributed by atoms with Crippen LogP contribution in [-0.4, -0.2) is 15.9 Å². The van der Waals surface area contributed by atoms with E-state index < -0.39 is 0 Å². The molecule has 0 radical (unpaired) electrons. The number of fused-ring (bicyclic) bond motifs is 1. The molecule has 5 heteroatoms. The van der Waals surface area contributed by atoms with E-state index in [1.165, 1.54) is 6.07 Å². The minimum absolute atomic E-state index is 0.0943. The Kier molecular flexibility index (Phi) is 3.94. The fourth-order valence-electron chi connectivity index (χ4n) is 2.20. The van der Waals surface area contributed by atoms with Crippen LogP contribution < -0.4 is 5.32 Å². The average molecular weight is 259 g/mol. The summed E-state index contributed by atoms with van der Waals surface area (Å²) >= 11 is 0. The van der Waals surface area contributed by atoms with Gasteiger partial charge in [0.2, 0.25) is 0 Å². The number of aromatic nitrogens is 1. The molecular formula is C14H17N3O2. The van der Waals surface area contributed by atoms with E-state index in [-0.39, 0.29) is 10.6 Å². The number of nitrogens with one attached hydrogen (secondary N) is 1. The number of nitro benzene ring substituents is 1. The largest absolute Gasteiger partial charge is 0.381 e. The minimum Gasteiger partial charge on any atom is -0.381 e. The van der Waals surface area contributed by atoms with Crippen molar-refractivity contribution in [1.82, 2.24) is 4.98 Å². The van der Waals surface area contributed by atoms with Gasteiger partial charge in [-0.25, -0.2) is 0 Å². The van der Waals surface area contributed by atoms with Crippen LogP contribution in [0.1, 0.15) is 26.7 Å². The van der Waals surface area contributed by atoms with Gasteiger partial charge in [-0.05, 0) is 31.5 Å². The number of hydrogen-bond donors (Lipinski definition) is 1. The van der Waals surface area contributed by atoms with Crippen LogP contribution in [0.5, 0.6) is 0 Å². The zero-order chi connectivity index (χ0) is 13.8. The van der Waals surface area contributed by atoms with Crippen molar-refractivity contribution >= 4 is 22.3 Å². The lowest BCUT2D eigenvalue weighted by molar-refractivity contribution is -0.383. The first-order valence-electron chi connectivity index (χ1n) is 6.42. The van der Waals surface area contributed by atoms with Crippen molar-refractivity contribution in [3.63, 3.8) is 0 Å². The molecule has 1 N–H and O–H groups in total. The fraction of sp³-hybridized carbons (Fsp3) is 0.357. The Bertz CT molecular complexity index is 598. The van der Waals surface area contributed by atoms with Crippen LogP contribution in [0.25, 0.3) is 10.9 Å². The van der Waals surface area contributed by atoms with Crippen molar-refractivity contribution in [3.8, 4) is 0 Å². The third-order valence-electron chi connectivity index (χ3n) is 3.07. The lowest BCUT2D eigenvalue weighted by atomic mass is 10.1. The number of nitro groups is 1. The van der Waals surface area contributed by atoms with Gasteiger partial charge < -0.3 is 5.32 Å². The summed E-state index contributed by atoms with van der Waals surface area (Å²) < 4.78 is 0. The van der Waals surface area contributed by atoms with Gasteiger partial charge in [0.05, 0.1) is 16.0 Å². The van der Waals surface area contributed by atoms with Gasteiger partial charge in [0.25, 0.3) is 5.69 Å². The molecule has 100 valence electrons. The highest BCUT2D eigenvalue weighted by Gasteiger charge is 2.15. The molecule has 0 saturated heterocycles. The summed E-state index contributed by atoms with van der Waals surface area (Å²) in [6.07, 6.45) is 3.79. The molecule has 1 aromatic carbocycles. The standard InChI is InChI=1S/C14H17N3O2/c1-3-5-10(2)16-12-7-8-13(17(18)19)11-6-4-9-15-14(11)12/h4,6-10,16H,3,5H2,1-2H3. The van der Waals surface area contributed by atoms with E-state index in [1.54, 1.807) is 24.4 Å². The van der Waals surface area contributed by atoms with Crippen molar-refractivity contribution in [2.45, 2.75) is 32.7 Å². The quantitative estimate of drug-likeness (QED) is 0.656. The molecule has 1 aromatic heterocycles. The zero-order valence-corrected chi connectivity index (χ0v) is 11.1. The van der Waals surface area contributed by atoms with E-state index in [0.717, 1.165) is 18.5 Å². The van der Waals surface area contributed by atoms with Gasteiger partial charge in [0, 0.05) is 18.3 Å². The minimum atomic E-state index is -0.372. The summed E-state index contributed by atoms with van der Waals surface area (Å²) in [5.74, 6) is 0. The third kappa shape index (κ3) is 2.81. The smallest absolute Gasteiger partial charge is 0.278 e. The van der Waals surface area contributed by atoms with Crippen LogP contribution in [0.2, 0.25) is 0 Å². The highest BCUT2D eigenvalue weighted by Crippen LogP contribution is 2.30. The molecule has 0 saturated carbocycles. The second-order valence-corrected chi connectivity index (χ2v) is 4.62. The summed E-state index contributed by atoms with van der Waals surface area (Å²) in [4.78, 5) is 14.9. The van der Waals surface area contributed by atoms with Crippen LogP contribution >= 0.6 is 0 Å². The van der Waals surface area contributed by atoms with Gasteiger partial charge >= 0.3 is 0 Å². The Morgan fingerprint density at radius 2 is 2.21 bits per heavy atom. The summed E-state index contributed by atoms with van der Waals surface area (Å²) in [7, 11) is 0. The molecule has 0 bridgehead atoms. The second kappa shape index (κ2) is 5.65. The highest BCUT2D eigenvalue weighted by molar-refractivity contribution is 5.96. The van der Waals surface area contributed by atoms with Crippen molar-refractivity contribution in [3.05, 3.63) is 40.6 Å². The molecule has 5 nitrogen and oxygen atoms in total. The van der Waals surface area contributed by atoms with E-state index in [1.807, 2.05) is 0 Å². The molecule has 1 heterocycles. The number of pyridine rings is 1. The maximum atomic E-state index is 11.0. The molecule has 2 aromatic rings. The van der Waals surface area contributed by atoms with Crippen LogP contribution in [0.4, 0.5) is 11.4 Å². The van der Waals surface area contributed by atoms with Gasteiger partial charge in [-0.3, -0.25) is 15.1 Å². The van der Waals surface area contributed by atoms with Crippen LogP contribution in [0, 0.1) is 10.1 Å². The number of benzene rings is 1. The Morgan fingerprint density at radius 3 is 2.89 bits per heavy atom. The number of non-ortho nitro benzene ring substituents is 1. The van der Waals surface area contributed by atoms with Gasteiger partial charge in [0.1, 0.15) is 5.52 Å². The molecule has 0 spiro atoms. The number of anilines is 1. The number of rotatable bonds is 5. The third-order valence-corrected chi connectivity index (χ3v) is 3.07. The van der Waals surface area contributed by atoms with Gasteiger partial charge in [-0.15, -0.1) is 0 Å². The van der Waals surface area contributed by atoms with E-state index in [0.29, 0.717) is 16.9 Å². The van der Waals surface area contributed by atoms with Gasteiger partial charge in [0.15, 0.2) is 0 Å². The molecule has 2 rings (SSSR count). The van der Waals surface area contributed by atoms with Crippen molar-refractivity contribution in [2.75, 3.05) is 5.32 Å². The van der Waals surface area contributed by atoms with E-state index in [9.17, 15) is 10.1 Å². The molecule has 0 aliphatic heterocycles. The molecule has 1 unspecified atom stereocenters. The summed E-state index contributed by atoms with van der Waals surface area (Å²) in [6, 6.07) is 7.03. The number of nitrogens with zero attached hydrogens (tertiary/aromatic N) is 2. The van der Waals surface area contributed by atoms with E-state index >= 15 is 0 Å². The fourth-order valence-corrected chi connectivity index (χ4v) is 2.20. The zero-order valence-electron chi connectivity index (χ0n) is 11.1. The van der Waals surface area contributed by atoms with Crippen LogP contribution in [0.15, 0.2) is 30.5 Å². The molecular weight excluding hydrogens is 242 g/mol. The van der Waals surface area contributed by atoms with Crippen molar-refractivity contribution in [2.24, 2.45) is 0 Å². The summed E-state index contributed by atoms with van der Waals surface area (Å²) in [5, 5.41) is 14.9. The van der Waals surface area contributed by atoms with Crippen molar-refractivity contribution < 1.29 is 4.92 Å². The predicted molar refractivity (Wildman–Crippen MR) is 76.4 cm³/mol. The van der Waals surface area contributed by atoms with E-state index in [2.05, 4.69) is 24.1 Å². The lowest BCUT2D eigenvalue weighted by Crippen LogP contribution is -2.15. The number of hydrogen-bond acceptors (Lipinski definition) is 4. The highest BCUT2D eigenvalue weighted by atomic mass is 16.6. The summed E-state index contributed by atoms with van der Waals surface area (Å²) in [5.41, 5.74) is 1.60. The normalized spacial score (nSPS) is 12.3. The predicted octanol–water partition coefficient (Wildman–Crippen LogP) is 3.74. The lowest BCUT2D eigenvalue weighted by Gasteiger charge is -2.15. The Morgan fingerprint density at radius 1 is 1.42 bits per heavy atom. The van der Waals surface area contributed by atoms with Gasteiger partial charge in [-0.1, -0.05) is 13.3 Å². The Hall–Kier alpha value is -2.17. The Balaban J connectivity index is 2.46. The second-order valence-electron chi connectivity index (χ2n) is 4.62. The molecule has 19 heavy (non-hydrogen) atoms. The first kappa shape index (κ1) is 13.3. The Labute approximate surface area is 111 Å². The molecule has 0 aliphatic rings. The first-order valence-corrected chi connectivity index (χ1v) is 6.42. The molecule has 0 fully saturated rings. The SMILES string of the molecule is CCCC(C)Nc1ccc([N+](=O)[O-])c2cccnc12. The maximum absolute atomic E-state index is 11.0. The van der Waals surface area contributed by atoms with E-state index in [4.69, 9.17) is 0 Å². The monoisotopic (exact) mass is 259 g/mol. The molecule has 0 amide bonds. The average Bonchev–Trinajstić information content (AvgIpc) is 2.39. The maximum Gasteiger partial charge on any atom is 0.278 e. The first-order chi connectivity index (χ1) is 9.13. The topological polar surface area (TPSA) is 68.1 Å². The van der Waals surface area contributed by atoms with Gasteiger partial charge in [-0.2, -0.15) is 0 Å². The van der Waals surface area contributed by atoms with Crippen LogP contribution in [-0.2, 0) is 0 Å². The molecule has 1 atom stereocenters. The van der Waals surface area contributed by atoms with Crippen LogP contribution in [0.3, 0.4) is 0 Å². The molecule has 0 aliphatic carbocycles.